The fourth-order valence-corrected chi connectivity index (χ4v) is 5.03. The van der Waals surface area contributed by atoms with E-state index in [1.165, 1.54) is 57.8 Å². The third-order valence-electron chi connectivity index (χ3n) is 7.88. The standard InChI is InChI=1S/C41H72O5/c1-4-7-10-13-15-16-17-18-19-20-21-22-23-24-25-26-27-29-31-34-40(42)45-38-39(37-44-36-33-30-14-11-8-5-2)46-41(43)35-32-28-12-9-6-3/h7,10,15-16,18-19,21-22,39H,4-6,8-9,11-14,17,20,23-38H2,1-3H3/b10-7-,16-15-,19-18-,22-21-. The van der Waals surface area contributed by atoms with Crippen LogP contribution in [-0.2, 0) is 23.8 Å². The maximum Gasteiger partial charge on any atom is 0.306 e. The Balaban J connectivity index is 4.01. The second kappa shape index (κ2) is 37.3. The lowest BCUT2D eigenvalue weighted by Gasteiger charge is -2.18. The summed E-state index contributed by atoms with van der Waals surface area (Å²) in [7, 11) is 0. The first kappa shape index (κ1) is 43.9. The quantitative estimate of drug-likeness (QED) is 0.0396. The molecule has 1 unspecified atom stereocenters. The number of hydrogen-bond donors (Lipinski definition) is 0. The van der Waals surface area contributed by atoms with Crippen LogP contribution >= 0.6 is 0 Å². The molecule has 0 radical (unpaired) electrons. The van der Waals surface area contributed by atoms with E-state index in [1.807, 2.05) is 0 Å². The first-order valence-electron chi connectivity index (χ1n) is 19.2. The van der Waals surface area contributed by atoms with Crippen LogP contribution in [-0.4, -0.2) is 37.9 Å². The summed E-state index contributed by atoms with van der Waals surface area (Å²) in [6.07, 6.45) is 42.8. The minimum absolute atomic E-state index is 0.0776. The molecule has 0 rings (SSSR count). The molecule has 1 atom stereocenters. The van der Waals surface area contributed by atoms with Crippen LogP contribution in [0.1, 0.15) is 175 Å². The van der Waals surface area contributed by atoms with E-state index in [9.17, 15) is 9.59 Å². The number of ether oxygens (including phenoxy) is 3. The molecular weight excluding hydrogens is 572 g/mol. The van der Waals surface area contributed by atoms with E-state index in [-0.39, 0.29) is 25.2 Å². The molecule has 0 aromatic rings. The van der Waals surface area contributed by atoms with Gasteiger partial charge in [0, 0.05) is 19.4 Å². The van der Waals surface area contributed by atoms with Gasteiger partial charge in [0.15, 0.2) is 6.10 Å². The highest BCUT2D eigenvalue weighted by atomic mass is 16.6. The highest BCUT2D eigenvalue weighted by molar-refractivity contribution is 5.70. The fourth-order valence-electron chi connectivity index (χ4n) is 5.03. The summed E-state index contributed by atoms with van der Waals surface area (Å²) in [5.41, 5.74) is 0. The van der Waals surface area contributed by atoms with Gasteiger partial charge in [-0.2, -0.15) is 0 Å². The largest absolute Gasteiger partial charge is 0.462 e. The minimum Gasteiger partial charge on any atom is -0.462 e. The normalized spacial score (nSPS) is 12.7. The lowest BCUT2D eigenvalue weighted by Crippen LogP contribution is -2.30. The Bertz CT molecular complexity index is 782. The maximum absolute atomic E-state index is 12.4. The minimum atomic E-state index is -0.530. The molecule has 0 aromatic heterocycles. The van der Waals surface area contributed by atoms with Crippen molar-refractivity contribution in [2.75, 3.05) is 19.8 Å². The summed E-state index contributed by atoms with van der Waals surface area (Å²) in [4.78, 5) is 24.8. The lowest BCUT2D eigenvalue weighted by atomic mass is 10.1. The predicted molar refractivity (Wildman–Crippen MR) is 196 cm³/mol. The number of unbranched alkanes of at least 4 members (excludes halogenated alkanes) is 15. The van der Waals surface area contributed by atoms with Crippen molar-refractivity contribution < 1.29 is 23.8 Å². The van der Waals surface area contributed by atoms with Gasteiger partial charge in [0.1, 0.15) is 6.61 Å². The van der Waals surface area contributed by atoms with E-state index in [2.05, 4.69) is 69.4 Å². The molecule has 5 heteroatoms. The molecule has 0 fully saturated rings. The molecule has 0 aromatic carbocycles. The van der Waals surface area contributed by atoms with E-state index in [0.717, 1.165) is 83.5 Å². The third-order valence-corrected chi connectivity index (χ3v) is 7.88. The monoisotopic (exact) mass is 645 g/mol. The zero-order valence-corrected chi connectivity index (χ0v) is 30.3. The van der Waals surface area contributed by atoms with Crippen molar-refractivity contribution >= 4 is 11.9 Å². The molecule has 0 aliphatic carbocycles. The zero-order chi connectivity index (χ0) is 33.6. The second-order valence-corrected chi connectivity index (χ2v) is 12.5. The number of allylic oxidation sites excluding steroid dienone is 8. The Hall–Kier alpha value is -2.14. The Labute approximate surface area is 284 Å². The van der Waals surface area contributed by atoms with Crippen molar-refractivity contribution in [3.8, 4) is 0 Å². The van der Waals surface area contributed by atoms with Gasteiger partial charge in [-0.3, -0.25) is 9.59 Å². The van der Waals surface area contributed by atoms with E-state index < -0.39 is 6.10 Å². The maximum atomic E-state index is 12.4. The Kier molecular flexibility index (Phi) is 35.6. The first-order chi connectivity index (χ1) is 22.6. The molecule has 0 N–H and O–H groups in total. The number of rotatable bonds is 34. The summed E-state index contributed by atoms with van der Waals surface area (Å²) in [6, 6.07) is 0. The number of carbonyl (C=O) groups excluding carboxylic acids is 2. The molecule has 0 spiro atoms. The molecule has 0 amide bonds. The van der Waals surface area contributed by atoms with Gasteiger partial charge in [0.05, 0.1) is 6.61 Å². The van der Waals surface area contributed by atoms with Gasteiger partial charge in [-0.05, 0) is 57.8 Å². The van der Waals surface area contributed by atoms with Gasteiger partial charge in [-0.15, -0.1) is 0 Å². The summed E-state index contributed by atoms with van der Waals surface area (Å²) >= 11 is 0. The molecule has 0 saturated heterocycles. The molecule has 266 valence electrons. The molecule has 0 aliphatic rings. The summed E-state index contributed by atoms with van der Waals surface area (Å²) in [5, 5.41) is 0. The molecule has 0 saturated carbocycles. The van der Waals surface area contributed by atoms with Crippen LogP contribution in [0.25, 0.3) is 0 Å². The molecular formula is C41H72O5. The summed E-state index contributed by atoms with van der Waals surface area (Å²) in [6.45, 7) is 7.57. The van der Waals surface area contributed by atoms with Crippen LogP contribution in [0.3, 0.4) is 0 Å². The Morgan fingerprint density at radius 3 is 1.57 bits per heavy atom. The van der Waals surface area contributed by atoms with Crippen LogP contribution < -0.4 is 0 Å². The second-order valence-electron chi connectivity index (χ2n) is 12.5. The van der Waals surface area contributed by atoms with E-state index >= 15 is 0 Å². The number of hydrogen-bond acceptors (Lipinski definition) is 5. The molecule has 0 bridgehead atoms. The number of carbonyl (C=O) groups is 2. The molecule has 0 heterocycles. The summed E-state index contributed by atoms with van der Waals surface area (Å²) < 4.78 is 17.0. The van der Waals surface area contributed by atoms with Crippen molar-refractivity contribution in [2.45, 2.75) is 181 Å². The Morgan fingerprint density at radius 1 is 0.500 bits per heavy atom. The first-order valence-corrected chi connectivity index (χ1v) is 19.2. The average Bonchev–Trinajstić information content (AvgIpc) is 3.05. The van der Waals surface area contributed by atoms with Crippen LogP contribution in [0.15, 0.2) is 48.6 Å². The van der Waals surface area contributed by atoms with E-state index in [4.69, 9.17) is 14.2 Å². The highest BCUT2D eigenvalue weighted by Gasteiger charge is 2.17. The van der Waals surface area contributed by atoms with Crippen LogP contribution in [0, 0.1) is 0 Å². The van der Waals surface area contributed by atoms with E-state index in [1.54, 1.807) is 0 Å². The van der Waals surface area contributed by atoms with Gasteiger partial charge >= 0.3 is 11.9 Å². The molecule has 5 nitrogen and oxygen atoms in total. The van der Waals surface area contributed by atoms with Gasteiger partial charge < -0.3 is 14.2 Å². The molecule has 46 heavy (non-hydrogen) atoms. The Morgan fingerprint density at radius 2 is 0.978 bits per heavy atom. The fraction of sp³-hybridized carbons (Fsp3) is 0.756. The van der Waals surface area contributed by atoms with Gasteiger partial charge in [-0.25, -0.2) is 0 Å². The zero-order valence-electron chi connectivity index (χ0n) is 30.3. The van der Waals surface area contributed by atoms with Gasteiger partial charge in [0.25, 0.3) is 0 Å². The number of esters is 2. The average molecular weight is 645 g/mol. The van der Waals surface area contributed by atoms with Crippen LogP contribution in [0.5, 0.6) is 0 Å². The molecule has 0 aliphatic heterocycles. The highest BCUT2D eigenvalue weighted by Crippen LogP contribution is 2.12. The smallest absolute Gasteiger partial charge is 0.306 e. The van der Waals surface area contributed by atoms with Gasteiger partial charge in [0.2, 0.25) is 0 Å². The van der Waals surface area contributed by atoms with Crippen LogP contribution in [0.4, 0.5) is 0 Å². The van der Waals surface area contributed by atoms with E-state index in [0.29, 0.717) is 19.4 Å². The topological polar surface area (TPSA) is 61.8 Å². The van der Waals surface area contributed by atoms with Crippen LogP contribution in [0.2, 0.25) is 0 Å². The summed E-state index contributed by atoms with van der Waals surface area (Å²) in [5.74, 6) is -0.432. The van der Waals surface area contributed by atoms with Crippen molar-refractivity contribution in [1.29, 1.82) is 0 Å². The van der Waals surface area contributed by atoms with Crippen molar-refractivity contribution in [2.24, 2.45) is 0 Å². The third kappa shape index (κ3) is 34.7. The van der Waals surface area contributed by atoms with Crippen molar-refractivity contribution in [3.63, 3.8) is 0 Å². The lowest BCUT2D eigenvalue weighted by molar-refractivity contribution is -0.163. The predicted octanol–water partition coefficient (Wildman–Crippen LogP) is 12.1. The van der Waals surface area contributed by atoms with Crippen molar-refractivity contribution in [1.82, 2.24) is 0 Å². The van der Waals surface area contributed by atoms with Crippen molar-refractivity contribution in [3.05, 3.63) is 48.6 Å². The van der Waals surface area contributed by atoms with Gasteiger partial charge in [-0.1, -0.05) is 153 Å². The SMILES string of the molecule is CC/C=C\C/C=C\C/C=C\C/C=C\CCCCCCCCC(=O)OCC(COCCCCCCCC)OC(=O)CCCCCCC.